The largest absolute Gasteiger partial charge is 0.451 e. The molecule has 3 rings (SSSR count). The van der Waals surface area contributed by atoms with Crippen molar-refractivity contribution in [3.8, 4) is 0 Å². The number of alkyl carbamates (subject to hydrolysis) is 1. The van der Waals surface area contributed by atoms with Gasteiger partial charge in [0.25, 0.3) is 0 Å². The van der Waals surface area contributed by atoms with E-state index in [2.05, 4.69) is 15.5 Å². The normalized spacial score (nSPS) is 16.8. The predicted octanol–water partition coefficient (Wildman–Crippen LogP) is 2.61. The molecule has 0 fully saturated rings. The Morgan fingerprint density at radius 3 is 2.50 bits per heavy atom. The SMILES string of the molecule is CC(C)(C)OC(=O)N[C@H](Cc1ccccc1)[C@@H](O)CN1CCn2c(nnc2C(F)(F)F)C1. The van der Waals surface area contributed by atoms with Gasteiger partial charge in [-0.2, -0.15) is 13.2 Å². The van der Waals surface area contributed by atoms with Gasteiger partial charge in [-0.15, -0.1) is 10.2 Å². The average molecular weight is 455 g/mol. The van der Waals surface area contributed by atoms with Crippen molar-refractivity contribution >= 4 is 6.09 Å². The Bertz CT molecular complexity index is 912. The van der Waals surface area contributed by atoms with Gasteiger partial charge in [0.15, 0.2) is 0 Å². The number of fused-ring (bicyclic) bond motifs is 1. The van der Waals surface area contributed by atoms with Gasteiger partial charge in [0.1, 0.15) is 11.4 Å². The second kappa shape index (κ2) is 9.45. The Hall–Kier alpha value is -2.66. The Labute approximate surface area is 184 Å². The van der Waals surface area contributed by atoms with E-state index in [1.54, 1.807) is 25.7 Å². The monoisotopic (exact) mass is 455 g/mol. The third-order valence-corrected chi connectivity index (χ3v) is 5.00. The molecule has 0 bridgehead atoms. The smallest absolute Gasteiger partial charge is 0.444 e. The summed E-state index contributed by atoms with van der Waals surface area (Å²) in [6.07, 6.45) is -5.83. The molecule has 11 heteroatoms. The number of carbonyl (C=O) groups is 1. The summed E-state index contributed by atoms with van der Waals surface area (Å²) in [5.74, 6) is -0.822. The highest BCUT2D eigenvalue weighted by atomic mass is 19.4. The molecule has 1 aliphatic rings. The number of amides is 1. The lowest BCUT2D eigenvalue weighted by Gasteiger charge is -2.33. The molecule has 0 saturated carbocycles. The van der Waals surface area contributed by atoms with Crippen molar-refractivity contribution < 1.29 is 27.8 Å². The van der Waals surface area contributed by atoms with Gasteiger partial charge in [0.05, 0.1) is 18.7 Å². The summed E-state index contributed by atoms with van der Waals surface area (Å²) >= 11 is 0. The van der Waals surface area contributed by atoms with Gasteiger partial charge in [-0.3, -0.25) is 4.90 Å². The fraction of sp³-hybridized carbons (Fsp3) is 0.571. The number of aliphatic hydroxyl groups excluding tert-OH is 1. The van der Waals surface area contributed by atoms with Gasteiger partial charge in [-0.05, 0) is 32.8 Å². The predicted molar refractivity (Wildman–Crippen MR) is 110 cm³/mol. The Morgan fingerprint density at radius 1 is 1.19 bits per heavy atom. The maximum absolute atomic E-state index is 13.0. The van der Waals surface area contributed by atoms with Crippen molar-refractivity contribution in [3.05, 3.63) is 47.5 Å². The summed E-state index contributed by atoms with van der Waals surface area (Å²) in [4.78, 5) is 14.1. The topological polar surface area (TPSA) is 92.5 Å². The number of β-amino-alcohol motifs (C(OH)–C–C–N with tert-alkyl or cyclic N) is 1. The number of aliphatic hydroxyl groups is 1. The molecule has 2 heterocycles. The molecule has 1 aromatic carbocycles. The number of halogens is 3. The van der Waals surface area contributed by atoms with E-state index in [9.17, 15) is 23.1 Å². The van der Waals surface area contributed by atoms with Gasteiger partial charge in [-0.1, -0.05) is 30.3 Å². The van der Waals surface area contributed by atoms with Crippen molar-refractivity contribution in [2.24, 2.45) is 0 Å². The molecular weight excluding hydrogens is 427 g/mol. The van der Waals surface area contributed by atoms with Crippen LogP contribution in [0.5, 0.6) is 0 Å². The molecule has 1 amide bonds. The molecular formula is C21H28F3N5O3. The summed E-state index contributed by atoms with van der Waals surface area (Å²) < 4.78 is 45.5. The molecule has 1 aromatic heterocycles. The second-order valence-electron chi connectivity index (χ2n) is 8.83. The van der Waals surface area contributed by atoms with Crippen LogP contribution < -0.4 is 5.32 Å². The van der Waals surface area contributed by atoms with E-state index in [1.165, 1.54) is 0 Å². The lowest BCUT2D eigenvalue weighted by atomic mass is 10.0. The van der Waals surface area contributed by atoms with Crippen LogP contribution in [0.4, 0.5) is 18.0 Å². The van der Waals surface area contributed by atoms with Gasteiger partial charge >= 0.3 is 12.3 Å². The minimum atomic E-state index is -4.56. The van der Waals surface area contributed by atoms with Crippen molar-refractivity contribution in [3.63, 3.8) is 0 Å². The van der Waals surface area contributed by atoms with Crippen LogP contribution in [0.1, 0.15) is 38.0 Å². The van der Waals surface area contributed by atoms with Crippen LogP contribution in [0.2, 0.25) is 0 Å². The quantitative estimate of drug-likeness (QED) is 0.696. The fourth-order valence-electron chi connectivity index (χ4n) is 3.58. The van der Waals surface area contributed by atoms with Crippen LogP contribution in [0.15, 0.2) is 30.3 Å². The van der Waals surface area contributed by atoms with Crippen molar-refractivity contribution in [2.75, 3.05) is 13.1 Å². The highest BCUT2D eigenvalue weighted by Crippen LogP contribution is 2.29. The summed E-state index contributed by atoms with van der Waals surface area (Å²) in [5, 5.41) is 20.6. The van der Waals surface area contributed by atoms with Crippen LogP contribution in [0.25, 0.3) is 0 Å². The van der Waals surface area contributed by atoms with E-state index in [0.717, 1.165) is 10.1 Å². The zero-order valence-electron chi connectivity index (χ0n) is 18.3. The number of benzene rings is 1. The first-order valence-electron chi connectivity index (χ1n) is 10.4. The van der Waals surface area contributed by atoms with E-state index in [-0.39, 0.29) is 32.0 Å². The second-order valence-corrected chi connectivity index (χ2v) is 8.83. The summed E-state index contributed by atoms with van der Waals surface area (Å²) in [6.45, 7) is 5.84. The molecule has 2 aromatic rings. The van der Waals surface area contributed by atoms with E-state index in [0.29, 0.717) is 6.42 Å². The molecule has 176 valence electrons. The van der Waals surface area contributed by atoms with Crippen molar-refractivity contribution in [1.29, 1.82) is 0 Å². The van der Waals surface area contributed by atoms with Crippen LogP contribution in [-0.2, 0) is 30.4 Å². The molecule has 0 spiro atoms. The molecule has 0 aliphatic carbocycles. The number of nitrogens with one attached hydrogen (secondary N) is 1. The molecule has 0 radical (unpaired) electrons. The number of alkyl halides is 3. The fourth-order valence-corrected chi connectivity index (χ4v) is 3.58. The zero-order chi connectivity index (χ0) is 23.5. The van der Waals surface area contributed by atoms with E-state index >= 15 is 0 Å². The molecule has 1 aliphatic heterocycles. The number of carbonyl (C=O) groups excluding carboxylic acids is 1. The minimum Gasteiger partial charge on any atom is -0.444 e. The van der Waals surface area contributed by atoms with Gasteiger partial charge in [0, 0.05) is 19.6 Å². The molecule has 0 unspecified atom stereocenters. The first-order chi connectivity index (χ1) is 14.9. The highest BCUT2D eigenvalue weighted by Gasteiger charge is 2.39. The Kier molecular flexibility index (Phi) is 7.09. The first kappa shape index (κ1) is 24.0. The number of hydrogen-bond acceptors (Lipinski definition) is 6. The zero-order valence-corrected chi connectivity index (χ0v) is 18.3. The Balaban J connectivity index is 1.68. The van der Waals surface area contributed by atoms with Crippen LogP contribution in [-0.4, -0.2) is 61.7 Å². The van der Waals surface area contributed by atoms with Crippen molar-refractivity contribution in [2.45, 2.75) is 64.2 Å². The number of hydrogen-bond donors (Lipinski definition) is 2. The number of nitrogens with zero attached hydrogens (tertiary/aromatic N) is 4. The lowest BCUT2D eigenvalue weighted by Crippen LogP contribution is -2.51. The number of aromatic nitrogens is 3. The number of ether oxygens (including phenoxy) is 1. The van der Waals surface area contributed by atoms with Crippen LogP contribution in [0, 0.1) is 0 Å². The van der Waals surface area contributed by atoms with Gasteiger partial charge in [0.2, 0.25) is 5.82 Å². The summed E-state index contributed by atoms with van der Waals surface area (Å²) in [5.41, 5.74) is 0.222. The third-order valence-electron chi connectivity index (χ3n) is 5.00. The lowest BCUT2D eigenvalue weighted by molar-refractivity contribution is -0.148. The summed E-state index contributed by atoms with van der Waals surface area (Å²) in [6, 6.07) is 8.72. The summed E-state index contributed by atoms with van der Waals surface area (Å²) in [7, 11) is 0. The Morgan fingerprint density at radius 2 is 1.88 bits per heavy atom. The molecule has 8 nitrogen and oxygen atoms in total. The first-order valence-corrected chi connectivity index (χ1v) is 10.4. The van der Waals surface area contributed by atoms with Gasteiger partial charge in [-0.25, -0.2) is 4.79 Å². The molecule has 2 N–H and O–H groups in total. The highest BCUT2D eigenvalue weighted by molar-refractivity contribution is 5.68. The maximum Gasteiger partial charge on any atom is 0.451 e. The maximum atomic E-state index is 13.0. The van der Waals surface area contributed by atoms with E-state index in [4.69, 9.17) is 4.74 Å². The third kappa shape index (κ3) is 6.42. The van der Waals surface area contributed by atoms with Gasteiger partial charge < -0.3 is 19.7 Å². The average Bonchev–Trinajstić information content (AvgIpc) is 3.10. The van der Waals surface area contributed by atoms with Crippen LogP contribution in [0.3, 0.4) is 0 Å². The minimum absolute atomic E-state index is 0.0622. The molecule has 0 saturated heterocycles. The molecule has 32 heavy (non-hydrogen) atoms. The number of rotatable bonds is 6. The molecule has 2 atom stereocenters. The van der Waals surface area contributed by atoms with E-state index < -0.39 is 35.8 Å². The van der Waals surface area contributed by atoms with E-state index in [1.807, 2.05) is 30.3 Å². The van der Waals surface area contributed by atoms with Crippen LogP contribution >= 0.6 is 0 Å². The standard InChI is InChI=1S/C21H28F3N5O3/c1-20(2,3)32-19(31)25-15(11-14-7-5-4-6-8-14)16(30)12-28-9-10-29-17(13-28)26-27-18(29)21(22,23)24/h4-8,15-16,30H,9-13H2,1-3H3,(H,25,31)/t15-,16+/m1/s1. The van der Waals surface area contributed by atoms with Crippen molar-refractivity contribution in [1.82, 2.24) is 25.0 Å².